The van der Waals surface area contributed by atoms with Crippen molar-refractivity contribution < 1.29 is 4.79 Å². The summed E-state index contributed by atoms with van der Waals surface area (Å²) in [5.41, 5.74) is 2.72. The smallest absolute Gasteiger partial charge is 0.293 e. The van der Waals surface area contributed by atoms with Gasteiger partial charge in [-0.05, 0) is 56.2 Å². The molecule has 8 heteroatoms. The Morgan fingerprint density at radius 2 is 1.74 bits per heavy atom. The normalized spacial score (nSPS) is 19.0. The molecule has 2 aromatic carbocycles. The number of para-hydroxylation sites is 2. The highest BCUT2D eigenvalue weighted by Crippen LogP contribution is 2.25. The molecule has 7 nitrogen and oxygen atoms in total. The molecule has 5 rings (SSSR count). The molecule has 0 saturated carbocycles. The summed E-state index contributed by atoms with van der Waals surface area (Å²) >= 11 is 6.01. The number of aryl methyl sites for hydroxylation is 1. The summed E-state index contributed by atoms with van der Waals surface area (Å²) < 4.78 is 1.78. The van der Waals surface area contributed by atoms with Gasteiger partial charge >= 0.3 is 0 Å². The number of piperidine rings is 1. The molecule has 34 heavy (non-hydrogen) atoms. The molecule has 1 amide bonds. The Labute approximate surface area is 204 Å². The maximum absolute atomic E-state index is 13.4. The van der Waals surface area contributed by atoms with Crippen molar-refractivity contribution in [2.75, 3.05) is 49.1 Å². The zero-order valence-electron chi connectivity index (χ0n) is 19.5. The zero-order valence-corrected chi connectivity index (χ0v) is 20.2. The van der Waals surface area contributed by atoms with E-state index in [4.69, 9.17) is 16.6 Å². The molecule has 0 aliphatic carbocycles. The van der Waals surface area contributed by atoms with Crippen LogP contribution in [-0.4, -0.2) is 59.6 Å². The molecule has 1 atom stereocenters. The van der Waals surface area contributed by atoms with Crippen LogP contribution in [0.25, 0.3) is 11.0 Å². The van der Waals surface area contributed by atoms with Crippen LogP contribution in [0, 0.1) is 5.92 Å². The van der Waals surface area contributed by atoms with E-state index in [9.17, 15) is 9.59 Å². The molecular weight excluding hydrogens is 450 g/mol. The van der Waals surface area contributed by atoms with E-state index in [2.05, 4.69) is 4.90 Å². The lowest BCUT2D eigenvalue weighted by atomic mass is 9.96. The molecule has 178 valence electrons. The third-order valence-corrected chi connectivity index (χ3v) is 7.26. The molecule has 2 fully saturated rings. The van der Waals surface area contributed by atoms with Gasteiger partial charge in [0.15, 0.2) is 5.82 Å². The first kappa shape index (κ1) is 22.7. The second kappa shape index (κ2) is 9.66. The van der Waals surface area contributed by atoms with Crippen molar-refractivity contribution in [3.8, 4) is 0 Å². The number of hydrogen-bond acceptors (Lipinski definition) is 5. The fraction of sp³-hybridized carbons (Fsp3) is 0.423. The third kappa shape index (κ3) is 4.37. The monoisotopic (exact) mass is 479 g/mol. The maximum Gasteiger partial charge on any atom is 0.293 e. The molecule has 3 heterocycles. The number of piperazine rings is 1. The van der Waals surface area contributed by atoms with Crippen LogP contribution < -0.4 is 15.4 Å². The number of halogens is 1. The number of carbonyl (C=O) groups excluding carboxylic acids is 1. The maximum atomic E-state index is 13.4. The van der Waals surface area contributed by atoms with Gasteiger partial charge < -0.3 is 19.3 Å². The molecule has 2 aliphatic heterocycles. The highest BCUT2D eigenvalue weighted by Gasteiger charge is 2.32. The van der Waals surface area contributed by atoms with Crippen molar-refractivity contribution in [1.82, 2.24) is 14.5 Å². The Morgan fingerprint density at radius 3 is 2.47 bits per heavy atom. The predicted octanol–water partition coefficient (Wildman–Crippen LogP) is 3.64. The summed E-state index contributed by atoms with van der Waals surface area (Å²) in [4.78, 5) is 37.6. The van der Waals surface area contributed by atoms with Gasteiger partial charge in [0.25, 0.3) is 5.56 Å². The largest absolute Gasteiger partial charge is 0.368 e. The molecular formula is C26H30ClN5O2. The van der Waals surface area contributed by atoms with Crippen LogP contribution in [0.4, 0.5) is 11.5 Å². The Morgan fingerprint density at radius 1 is 1.00 bits per heavy atom. The van der Waals surface area contributed by atoms with Gasteiger partial charge in [0.1, 0.15) is 0 Å². The van der Waals surface area contributed by atoms with E-state index in [1.165, 1.54) is 0 Å². The fourth-order valence-corrected chi connectivity index (χ4v) is 5.29. The Balaban J connectivity index is 1.29. The molecule has 0 N–H and O–H groups in total. The lowest BCUT2D eigenvalue weighted by Gasteiger charge is -2.40. The second-order valence-electron chi connectivity index (χ2n) is 9.05. The number of fused-ring (bicyclic) bond motifs is 1. The van der Waals surface area contributed by atoms with E-state index in [-0.39, 0.29) is 17.4 Å². The van der Waals surface area contributed by atoms with Crippen molar-refractivity contribution in [3.63, 3.8) is 0 Å². The van der Waals surface area contributed by atoms with Gasteiger partial charge in [-0.1, -0.05) is 23.7 Å². The third-order valence-electron chi connectivity index (χ3n) is 7.00. The first-order valence-electron chi connectivity index (χ1n) is 12.1. The number of anilines is 2. The second-order valence-corrected chi connectivity index (χ2v) is 9.48. The van der Waals surface area contributed by atoms with E-state index in [0.29, 0.717) is 32.0 Å². The van der Waals surface area contributed by atoms with Crippen LogP contribution in [-0.2, 0) is 11.3 Å². The number of benzene rings is 2. The van der Waals surface area contributed by atoms with Gasteiger partial charge in [0.05, 0.1) is 17.0 Å². The van der Waals surface area contributed by atoms with Crippen LogP contribution in [0.15, 0.2) is 53.3 Å². The highest BCUT2D eigenvalue weighted by atomic mass is 35.5. The van der Waals surface area contributed by atoms with Crippen LogP contribution >= 0.6 is 11.6 Å². The summed E-state index contributed by atoms with van der Waals surface area (Å²) in [5, 5.41) is 0.728. The molecule has 0 bridgehead atoms. The van der Waals surface area contributed by atoms with Crippen LogP contribution in [0.3, 0.4) is 0 Å². The Hall–Kier alpha value is -3.06. The first-order chi connectivity index (χ1) is 16.5. The van der Waals surface area contributed by atoms with Gasteiger partial charge in [-0.3, -0.25) is 9.59 Å². The van der Waals surface area contributed by atoms with Gasteiger partial charge in [-0.25, -0.2) is 4.98 Å². The summed E-state index contributed by atoms with van der Waals surface area (Å²) in [7, 11) is 0. The number of rotatable bonds is 4. The van der Waals surface area contributed by atoms with Crippen LogP contribution in [0.5, 0.6) is 0 Å². The van der Waals surface area contributed by atoms with Crippen molar-refractivity contribution in [1.29, 1.82) is 0 Å². The molecule has 0 unspecified atom stereocenters. The number of aromatic nitrogens is 2. The van der Waals surface area contributed by atoms with Crippen molar-refractivity contribution in [3.05, 3.63) is 63.9 Å². The number of nitrogens with zero attached hydrogens (tertiary/aromatic N) is 5. The fourth-order valence-electron chi connectivity index (χ4n) is 5.17. The Bertz CT molecular complexity index is 1230. The first-order valence-corrected chi connectivity index (χ1v) is 12.5. The van der Waals surface area contributed by atoms with Gasteiger partial charge in [-0.2, -0.15) is 0 Å². The highest BCUT2D eigenvalue weighted by molar-refractivity contribution is 6.30. The number of amides is 1. The molecule has 2 aliphatic rings. The average molecular weight is 480 g/mol. The van der Waals surface area contributed by atoms with Crippen molar-refractivity contribution >= 4 is 40.0 Å². The summed E-state index contributed by atoms with van der Waals surface area (Å²) in [5.74, 6) is 0.543. The van der Waals surface area contributed by atoms with Crippen LogP contribution in [0.1, 0.15) is 19.8 Å². The van der Waals surface area contributed by atoms with Crippen molar-refractivity contribution in [2.45, 2.75) is 26.3 Å². The van der Waals surface area contributed by atoms with Gasteiger partial charge in [0, 0.05) is 56.5 Å². The standard InChI is InChI=1S/C26H30ClN5O2/c1-2-32-23-8-4-3-7-22(23)28-24(26(32)34)31-13-5-6-19(18-31)25(33)30-16-14-29(15-17-30)21-11-9-20(27)10-12-21/h3-4,7-12,19H,2,5-6,13-18H2,1H3/t19-/m0/s1. The van der Waals surface area contributed by atoms with Crippen LogP contribution in [0.2, 0.25) is 5.02 Å². The summed E-state index contributed by atoms with van der Waals surface area (Å²) in [6.07, 6.45) is 1.73. The van der Waals surface area contributed by atoms with E-state index >= 15 is 0 Å². The SMILES string of the molecule is CCn1c(=O)c(N2CCC[C@H](C(=O)N3CCN(c4ccc(Cl)cc4)CC3)C2)nc2ccccc21. The molecule has 3 aromatic rings. The van der Waals surface area contributed by atoms with E-state index < -0.39 is 0 Å². The van der Waals surface area contributed by atoms with E-state index in [1.54, 1.807) is 4.57 Å². The molecule has 0 radical (unpaired) electrons. The minimum Gasteiger partial charge on any atom is -0.368 e. The number of carbonyl (C=O) groups is 1. The van der Waals surface area contributed by atoms with Gasteiger partial charge in [0.2, 0.25) is 5.91 Å². The number of hydrogen-bond donors (Lipinski definition) is 0. The Kier molecular flexibility index (Phi) is 6.46. The lowest BCUT2D eigenvalue weighted by molar-refractivity contribution is -0.136. The summed E-state index contributed by atoms with van der Waals surface area (Å²) in [6.45, 7) is 6.86. The van der Waals surface area contributed by atoms with Crippen molar-refractivity contribution in [2.24, 2.45) is 5.92 Å². The topological polar surface area (TPSA) is 61.7 Å². The minimum absolute atomic E-state index is 0.0779. The molecule has 2 saturated heterocycles. The zero-order chi connectivity index (χ0) is 23.7. The molecule has 1 aromatic heterocycles. The minimum atomic E-state index is -0.112. The lowest BCUT2D eigenvalue weighted by Crippen LogP contribution is -2.53. The van der Waals surface area contributed by atoms with E-state index in [1.807, 2.05) is 65.3 Å². The molecule has 0 spiro atoms. The van der Waals surface area contributed by atoms with Gasteiger partial charge in [-0.15, -0.1) is 0 Å². The quantitative estimate of drug-likeness (QED) is 0.571. The average Bonchev–Trinajstić information content (AvgIpc) is 2.88. The van der Waals surface area contributed by atoms with E-state index in [0.717, 1.165) is 54.2 Å². The summed E-state index contributed by atoms with van der Waals surface area (Å²) in [6, 6.07) is 15.6. The predicted molar refractivity (Wildman–Crippen MR) is 137 cm³/mol.